The predicted molar refractivity (Wildman–Crippen MR) is 226 cm³/mol. The molecule has 55 heavy (non-hydrogen) atoms. The van der Waals surface area contributed by atoms with Gasteiger partial charge in [-0.15, -0.1) is 0 Å². The molecule has 7 aromatic carbocycles. The number of hydrogen-bond donors (Lipinski definition) is 0. The van der Waals surface area contributed by atoms with Crippen molar-refractivity contribution in [3.05, 3.63) is 227 Å². The Balaban J connectivity index is 1.19. The Morgan fingerprint density at radius 3 is 2.04 bits per heavy atom. The molecule has 1 aromatic heterocycles. The van der Waals surface area contributed by atoms with Gasteiger partial charge in [0.05, 0.1) is 16.8 Å². The van der Waals surface area contributed by atoms with Gasteiger partial charge >= 0.3 is 0 Å². The van der Waals surface area contributed by atoms with Gasteiger partial charge in [0.2, 0.25) is 0 Å². The number of hydrogen-bond acceptors (Lipinski definition) is 2. The van der Waals surface area contributed by atoms with E-state index in [-0.39, 0.29) is 11.8 Å². The molecular formula is C53H38N2. The molecule has 1 heterocycles. The molecule has 0 saturated carbocycles. The fraction of sp³-hybridized carbons (Fsp3) is 0.0943. The Kier molecular flexibility index (Phi) is 7.22. The highest BCUT2D eigenvalue weighted by molar-refractivity contribution is 6.00. The molecule has 2 heteroatoms. The van der Waals surface area contributed by atoms with Crippen molar-refractivity contribution in [2.45, 2.75) is 24.7 Å². The van der Waals surface area contributed by atoms with Crippen LogP contribution in [0, 0.1) is 12.8 Å². The first-order chi connectivity index (χ1) is 27.2. The maximum atomic E-state index is 5.64. The lowest BCUT2D eigenvalue weighted by Gasteiger charge is -2.37. The summed E-state index contributed by atoms with van der Waals surface area (Å²) in [5.74, 6) is 1.09. The smallest absolute Gasteiger partial charge is 0.160 e. The topological polar surface area (TPSA) is 25.8 Å². The van der Waals surface area contributed by atoms with Crippen LogP contribution in [0.3, 0.4) is 0 Å². The lowest BCUT2D eigenvalue weighted by atomic mass is 9.64. The second kappa shape index (κ2) is 12.5. The molecule has 0 N–H and O–H groups in total. The van der Waals surface area contributed by atoms with Gasteiger partial charge in [0.15, 0.2) is 5.82 Å². The fourth-order valence-corrected chi connectivity index (χ4v) is 10.1. The SMILES string of the molecule is Cc1ccccc1-c1ccccc1CC1=CC2C(C=C1)c1ccccc1C21c2ccccc2-c2nc(-c3ccccc3)nc(-c3cccc4ccccc34)c21. The van der Waals surface area contributed by atoms with Crippen LogP contribution in [-0.4, -0.2) is 9.97 Å². The predicted octanol–water partition coefficient (Wildman–Crippen LogP) is 12.7. The average Bonchev–Trinajstić information content (AvgIpc) is 3.71. The number of allylic oxidation sites excluding steroid dienone is 4. The molecule has 0 saturated heterocycles. The van der Waals surface area contributed by atoms with Gasteiger partial charge in [0.1, 0.15) is 0 Å². The third-order valence-electron chi connectivity index (χ3n) is 12.4. The summed E-state index contributed by atoms with van der Waals surface area (Å²) in [6.07, 6.45) is 8.35. The van der Waals surface area contributed by atoms with E-state index >= 15 is 0 Å². The van der Waals surface area contributed by atoms with Crippen molar-refractivity contribution in [3.63, 3.8) is 0 Å². The van der Waals surface area contributed by atoms with Gasteiger partial charge in [-0.3, -0.25) is 0 Å². The first kappa shape index (κ1) is 31.8. The van der Waals surface area contributed by atoms with E-state index in [2.05, 4.69) is 195 Å². The van der Waals surface area contributed by atoms with E-state index < -0.39 is 5.41 Å². The molecule has 3 unspecified atom stereocenters. The second-order valence-corrected chi connectivity index (χ2v) is 15.3. The van der Waals surface area contributed by atoms with Crippen molar-refractivity contribution in [3.8, 4) is 45.0 Å². The van der Waals surface area contributed by atoms with Gasteiger partial charge in [-0.1, -0.05) is 188 Å². The normalized spacial score (nSPS) is 18.8. The molecule has 0 aliphatic heterocycles. The fourth-order valence-electron chi connectivity index (χ4n) is 10.1. The number of rotatable bonds is 5. The maximum Gasteiger partial charge on any atom is 0.160 e. The summed E-state index contributed by atoms with van der Waals surface area (Å²) in [6, 6.07) is 61.7. The monoisotopic (exact) mass is 702 g/mol. The minimum absolute atomic E-state index is 0.123. The van der Waals surface area contributed by atoms with Gasteiger partial charge in [-0.25, -0.2) is 9.97 Å². The average molecular weight is 703 g/mol. The number of aromatic nitrogens is 2. The number of fused-ring (bicyclic) bond motifs is 11. The molecule has 0 fully saturated rings. The molecule has 3 atom stereocenters. The van der Waals surface area contributed by atoms with Crippen LogP contribution >= 0.6 is 0 Å². The van der Waals surface area contributed by atoms with E-state index in [0.717, 1.165) is 34.8 Å². The van der Waals surface area contributed by atoms with Crippen LogP contribution < -0.4 is 0 Å². The highest BCUT2D eigenvalue weighted by atomic mass is 14.9. The third kappa shape index (κ3) is 4.74. The van der Waals surface area contributed by atoms with Crippen molar-refractivity contribution in [2.24, 2.45) is 5.92 Å². The van der Waals surface area contributed by atoms with Crippen LogP contribution in [0.15, 0.2) is 194 Å². The van der Waals surface area contributed by atoms with Crippen LogP contribution in [0.25, 0.3) is 55.8 Å². The first-order valence-electron chi connectivity index (χ1n) is 19.4. The molecular weight excluding hydrogens is 665 g/mol. The summed E-state index contributed by atoms with van der Waals surface area (Å²) >= 11 is 0. The first-order valence-corrected chi connectivity index (χ1v) is 19.4. The largest absolute Gasteiger partial charge is 0.228 e. The molecule has 1 spiro atoms. The van der Waals surface area contributed by atoms with Crippen LogP contribution in [0.5, 0.6) is 0 Å². The quantitative estimate of drug-likeness (QED) is 0.178. The summed E-state index contributed by atoms with van der Waals surface area (Å²) in [4.78, 5) is 11.2. The summed E-state index contributed by atoms with van der Waals surface area (Å²) < 4.78 is 0. The van der Waals surface area contributed by atoms with Crippen molar-refractivity contribution in [1.82, 2.24) is 9.97 Å². The molecule has 0 amide bonds. The van der Waals surface area contributed by atoms with Gasteiger partial charge in [0.25, 0.3) is 0 Å². The highest BCUT2D eigenvalue weighted by Crippen LogP contribution is 2.66. The number of nitrogens with zero attached hydrogens (tertiary/aromatic N) is 2. The minimum Gasteiger partial charge on any atom is -0.228 e. The minimum atomic E-state index is -0.500. The van der Waals surface area contributed by atoms with E-state index in [0.29, 0.717) is 0 Å². The van der Waals surface area contributed by atoms with E-state index in [4.69, 9.17) is 9.97 Å². The van der Waals surface area contributed by atoms with E-state index in [9.17, 15) is 0 Å². The summed E-state index contributed by atoms with van der Waals surface area (Å²) in [7, 11) is 0. The van der Waals surface area contributed by atoms with Gasteiger partial charge in [0, 0.05) is 34.1 Å². The van der Waals surface area contributed by atoms with Crippen LogP contribution in [-0.2, 0) is 11.8 Å². The molecule has 8 aromatic rings. The van der Waals surface area contributed by atoms with Crippen LogP contribution in [0.1, 0.15) is 39.3 Å². The van der Waals surface area contributed by atoms with Crippen molar-refractivity contribution in [1.29, 1.82) is 0 Å². The molecule has 260 valence electrons. The summed E-state index contributed by atoms with van der Waals surface area (Å²) in [5.41, 5.74) is 16.8. The molecule has 11 rings (SSSR count). The maximum absolute atomic E-state index is 5.64. The zero-order chi connectivity index (χ0) is 36.5. The van der Waals surface area contributed by atoms with Gasteiger partial charge < -0.3 is 0 Å². The number of benzene rings is 7. The van der Waals surface area contributed by atoms with Crippen LogP contribution in [0.4, 0.5) is 0 Å². The van der Waals surface area contributed by atoms with Crippen LogP contribution in [0.2, 0.25) is 0 Å². The van der Waals surface area contributed by atoms with E-state index in [1.165, 1.54) is 66.4 Å². The lowest BCUT2D eigenvalue weighted by molar-refractivity contribution is 0.462. The standard InChI is InChI=1S/C53H38N2/c1-34-16-5-8-22-39(34)41-24-10-7-20-38(41)32-35-30-31-43-42-25-11-13-28-46(42)53(48(43)33-35)47-29-14-12-26-45(47)51-49(53)50(54-52(55-51)37-18-3-2-4-19-37)44-27-15-21-36-17-6-9-23-40(36)44/h2-31,33,43,48H,32H2,1H3. The van der Waals surface area contributed by atoms with Crippen molar-refractivity contribution < 1.29 is 0 Å². The van der Waals surface area contributed by atoms with Gasteiger partial charge in [-0.2, -0.15) is 0 Å². The highest BCUT2D eigenvalue weighted by Gasteiger charge is 2.59. The molecule has 0 bridgehead atoms. The lowest BCUT2D eigenvalue weighted by Crippen LogP contribution is -2.34. The Morgan fingerprint density at radius 2 is 1.18 bits per heavy atom. The zero-order valence-electron chi connectivity index (χ0n) is 30.7. The second-order valence-electron chi connectivity index (χ2n) is 15.3. The Bertz CT molecular complexity index is 2880. The Morgan fingerprint density at radius 1 is 0.545 bits per heavy atom. The Labute approximate surface area is 322 Å². The third-order valence-corrected chi connectivity index (χ3v) is 12.4. The van der Waals surface area contributed by atoms with E-state index in [1.54, 1.807) is 0 Å². The van der Waals surface area contributed by atoms with Crippen molar-refractivity contribution in [2.75, 3.05) is 0 Å². The summed E-state index contributed by atoms with van der Waals surface area (Å²) in [6.45, 7) is 2.21. The molecule has 3 aliphatic carbocycles. The zero-order valence-corrected chi connectivity index (χ0v) is 30.7. The molecule has 2 nitrogen and oxygen atoms in total. The van der Waals surface area contributed by atoms with E-state index in [1.807, 2.05) is 0 Å². The Hall–Kier alpha value is -6.64. The summed E-state index contributed by atoms with van der Waals surface area (Å²) in [5, 5.41) is 2.41. The number of aryl methyl sites for hydroxylation is 1. The van der Waals surface area contributed by atoms with Crippen molar-refractivity contribution >= 4 is 10.8 Å². The van der Waals surface area contributed by atoms with Gasteiger partial charge in [-0.05, 0) is 68.6 Å². The molecule has 3 aliphatic rings. The molecule has 0 radical (unpaired) electrons.